The smallest absolute Gasteiger partial charge is 0.0547 e. The number of aromatic nitrogens is 1. The van der Waals surface area contributed by atoms with Gasteiger partial charge in [0, 0.05) is 53.6 Å². The Morgan fingerprint density at radius 1 is 0.418 bits per heavy atom. The van der Waals surface area contributed by atoms with E-state index in [1.165, 1.54) is 124 Å². The topological polar surface area (TPSA) is 8.17 Å². The van der Waals surface area contributed by atoms with Crippen LogP contribution in [0.2, 0.25) is 0 Å². The molecule has 1 saturated carbocycles. The Kier molecular flexibility index (Phi) is 9.83. The molecule has 0 N–H and O–H groups in total. The first-order chi connectivity index (χ1) is 33.3. The Bertz CT molecular complexity index is 3810. The molecule has 2 heterocycles. The van der Waals surface area contributed by atoms with Crippen LogP contribution in [0.4, 0.5) is 17.1 Å². The van der Waals surface area contributed by atoms with E-state index in [9.17, 15) is 0 Å². The van der Waals surface area contributed by atoms with Crippen LogP contribution in [0.1, 0.15) is 43.6 Å². The van der Waals surface area contributed by atoms with Crippen molar-refractivity contribution in [2.24, 2.45) is 0 Å². The van der Waals surface area contributed by atoms with Crippen LogP contribution in [-0.4, -0.2) is 4.57 Å². The van der Waals surface area contributed by atoms with Crippen LogP contribution in [0.25, 0.3) is 91.8 Å². The number of nitrogens with zero attached hydrogens (tertiary/aromatic N) is 2. The lowest BCUT2D eigenvalue weighted by molar-refractivity contribution is 0.445. The minimum atomic E-state index is 0.572. The van der Waals surface area contributed by atoms with Crippen molar-refractivity contribution in [2.75, 3.05) is 4.90 Å². The predicted molar refractivity (Wildman–Crippen MR) is 288 cm³/mol. The van der Waals surface area contributed by atoms with E-state index in [1.54, 1.807) is 0 Å². The number of fused-ring (bicyclic) bond motifs is 7. The van der Waals surface area contributed by atoms with Crippen molar-refractivity contribution in [3.8, 4) is 39.1 Å². The minimum Gasteiger partial charge on any atom is -0.310 e. The third kappa shape index (κ3) is 6.76. The highest BCUT2D eigenvalue weighted by Crippen LogP contribution is 2.48. The number of rotatable bonds is 8. The monoisotopic (exact) mass is 876 g/mol. The fourth-order valence-electron chi connectivity index (χ4n) is 11.4. The highest BCUT2D eigenvalue weighted by Gasteiger charge is 2.24. The second-order valence-corrected chi connectivity index (χ2v) is 19.3. The van der Waals surface area contributed by atoms with Gasteiger partial charge in [0.25, 0.3) is 0 Å². The Labute approximate surface area is 395 Å². The average molecular weight is 877 g/mol. The van der Waals surface area contributed by atoms with Crippen molar-refractivity contribution < 1.29 is 0 Å². The number of benzene rings is 10. The first-order valence-electron chi connectivity index (χ1n) is 23.9. The van der Waals surface area contributed by atoms with Crippen LogP contribution in [-0.2, 0) is 0 Å². The molecular formula is C64H48N2S. The van der Waals surface area contributed by atoms with E-state index in [0.717, 1.165) is 22.7 Å². The molecule has 0 radical (unpaired) electrons. The van der Waals surface area contributed by atoms with E-state index >= 15 is 0 Å². The van der Waals surface area contributed by atoms with Crippen molar-refractivity contribution in [3.63, 3.8) is 0 Å². The van der Waals surface area contributed by atoms with E-state index in [-0.39, 0.29) is 0 Å². The van der Waals surface area contributed by atoms with Gasteiger partial charge in [0.15, 0.2) is 0 Å². The molecule has 2 nitrogen and oxygen atoms in total. The van der Waals surface area contributed by atoms with Gasteiger partial charge in [-0.3, -0.25) is 0 Å². The number of thiophene rings is 1. The molecule has 3 heteroatoms. The highest BCUT2D eigenvalue weighted by molar-refractivity contribution is 7.26. The molecular weight excluding hydrogens is 829 g/mol. The second kappa shape index (κ2) is 16.6. The lowest BCUT2D eigenvalue weighted by atomic mass is 9.80. The van der Waals surface area contributed by atoms with Gasteiger partial charge in [0.2, 0.25) is 0 Å². The van der Waals surface area contributed by atoms with Gasteiger partial charge in [-0.2, -0.15) is 0 Å². The van der Waals surface area contributed by atoms with Gasteiger partial charge in [-0.05, 0) is 124 Å². The summed E-state index contributed by atoms with van der Waals surface area (Å²) in [5.74, 6) is 0.572. The zero-order valence-corrected chi connectivity index (χ0v) is 38.1. The van der Waals surface area contributed by atoms with Gasteiger partial charge in [-0.15, -0.1) is 11.3 Å². The maximum Gasteiger partial charge on any atom is 0.0547 e. The van der Waals surface area contributed by atoms with Crippen LogP contribution in [0.15, 0.2) is 224 Å². The number of anilines is 3. The molecule has 13 rings (SSSR count). The molecule has 10 aromatic carbocycles. The van der Waals surface area contributed by atoms with Gasteiger partial charge in [-0.25, -0.2) is 0 Å². The zero-order valence-electron chi connectivity index (χ0n) is 37.3. The van der Waals surface area contributed by atoms with Crippen molar-refractivity contribution in [2.45, 2.75) is 38.0 Å². The van der Waals surface area contributed by atoms with Crippen LogP contribution in [0.5, 0.6) is 0 Å². The highest BCUT2D eigenvalue weighted by atomic mass is 32.1. The second-order valence-electron chi connectivity index (χ2n) is 18.2. The van der Waals surface area contributed by atoms with Crippen molar-refractivity contribution in [3.05, 3.63) is 230 Å². The Morgan fingerprint density at radius 3 is 1.85 bits per heavy atom. The number of hydrogen-bond acceptors (Lipinski definition) is 2. The lowest BCUT2D eigenvalue weighted by Crippen LogP contribution is -2.12. The van der Waals surface area contributed by atoms with Gasteiger partial charge < -0.3 is 9.47 Å². The summed E-state index contributed by atoms with van der Waals surface area (Å²) in [4.78, 5) is 2.52. The number of hydrogen-bond donors (Lipinski definition) is 0. The molecule has 0 unspecified atom stereocenters. The summed E-state index contributed by atoms with van der Waals surface area (Å²) in [5, 5.41) is 7.84. The maximum absolute atomic E-state index is 2.52. The molecule has 12 aromatic rings. The molecule has 0 atom stereocenters. The fraction of sp³-hybridized carbons (Fsp3) is 0.0938. The maximum atomic E-state index is 2.52. The van der Waals surface area contributed by atoms with Crippen LogP contribution in [0.3, 0.4) is 0 Å². The predicted octanol–water partition coefficient (Wildman–Crippen LogP) is 18.8. The summed E-state index contributed by atoms with van der Waals surface area (Å²) >= 11 is 1.89. The average Bonchev–Trinajstić information content (AvgIpc) is 3.96. The van der Waals surface area contributed by atoms with Crippen molar-refractivity contribution >= 4 is 81.1 Å². The summed E-state index contributed by atoms with van der Waals surface area (Å²) in [6.45, 7) is 0. The van der Waals surface area contributed by atoms with E-state index in [4.69, 9.17) is 0 Å². The first-order valence-corrected chi connectivity index (χ1v) is 24.7. The fourth-order valence-corrected chi connectivity index (χ4v) is 12.6. The Morgan fingerprint density at radius 2 is 1.01 bits per heavy atom. The molecule has 0 bridgehead atoms. The molecule has 320 valence electrons. The van der Waals surface area contributed by atoms with E-state index in [2.05, 4.69) is 234 Å². The van der Waals surface area contributed by atoms with Gasteiger partial charge in [-0.1, -0.05) is 183 Å². The molecule has 0 spiro atoms. The van der Waals surface area contributed by atoms with E-state index in [1.807, 2.05) is 11.3 Å². The first kappa shape index (κ1) is 39.6. The minimum absolute atomic E-state index is 0.572. The van der Waals surface area contributed by atoms with Crippen molar-refractivity contribution in [1.29, 1.82) is 0 Å². The Hall–Kier alpha value is -7.72. The van der Waals surface area contributed by atoms with Crippen LogP contribution >= 0.6 is 11.3 Å². The van der Waals surface area contributed by atoms with E-state index in [0.29, 0.717) is 5.92 Å². The summed E-state index contributed by atoms with van der Waals surface area (Å²) in [6.07, 6.45) is 6.45. The Balaban J connectivity index is 1.04. The molecule has 67 heavy (non-hydrogen) atoms. The molecule has 1 fully saturated rings. The molecule has 0 saturated heterocycles. The third-order valence-electron chi connectivity index (χ3n) is 14.4. The molecule has 1 aliphatic rings. The standard InChI is InChI=1S/C64H48N2S/c1-3-19-43(20-4-1)50-32-15-21-44-22-16-35-55(62(44)50)53-29-7-10-37-58(53)65(49-28-14-24-46(42-49)52-34-17-36-56-54-30-9-12-40-61(54)67-64(52)56)48-27-13-23-45(41-48)51-33-18-39-60-63(51)57-31-8-11-38-59(57)66(60)47-25-5-2-6-26-47/h2,5-18,21-43H,1,3-4,19-20H2. The quantitative estimate of drug-likeness (QED) is 0.148. The van der Waals surface area contributed by atoms with Crippen molar-refractivity contribution in [1.82, 2.24) is 4.57 Å². The molecule has 1 aliphatic carbocycles. The summed E-state index contributed by atoms with van der Waals surface area (Å²) < 4.78 is 5.05. The van der Waals surface area contributed by atoms with Gasteiger partial charge in [0.1, 0.15) is 0 Å². The normalized spacial score (nSPS) is 13.3. The van der Waals surface area contributed by atoms with Crippen LogP contribution < -0.4 is 4.90 Å². The summed E-state index contributed by atoms with van der Waals surface area (Å²) in [5.41, 5.74) is 15.8. The number of para-hydroxylation sites is 3. The summed E-state index contributed by atoms with van der Waals surface area (Å²) in [7, 11) is 0. The van der Waals surface area contributed by atoms with Gasteiger partial charge >= 0.3 is 0 Å². The zero-order chi connectivity index (χ0) is 44.3. The van der Waals surface area contributed by atoms with E-state index < -0.39 is 0 Å². The van der Waals surface area contributed by atoms with Gasteiger partial charge in [0.05, 0.1) is 16.7 Å². The molecule has 0 amide bonds. The molecule has 2 aromatic heterocycles. The SMILES string of the molecule is c1ccc(-n2c3ccccc3c3c(-c4cccc(N(c5cccc(-c6cccc7c6sc6ccccc67)c5)c5ccccc5-c5cccc6cccc(C7CCCCC7)c56)c4)cccc32)cc1. The molecule has 0 aliphatic heterocycles. The lowest BCUT2D eigenvalue weighted by Gasteiger charge is -2.30. The summed E-state index contributed by atoms with van der Waals surface area (Å²) in [6, 6.07) is 83.5. The van der Waals surface area contributed by atoms with Crippen LogP contribution in [0, 0.1) is 0 Å². The largest absolute Gasteiger partial charge is 0.310 e. The third-order valence-corrected chi connectivity index (χ3v) is 15.6.